The van der Waals surface area contributed by atoms with Crippen LogP contribution in [0.4, 0.5) is 5.69 Å². The average Bonchev–Trinajstić information content (AvgIpc) is 4.02. The zero-order valence-electron chi connectivity index (χ0n) is 40.4. The van der Waals surface area contributed by atoms with Gasteiger partial charge in [-0.2, -0.15) is 0 Å². The zero-order chi connectivity index (χ0) is 52.9. The van der Waals surface area contributed by atoms with Crippen LogP contribution in [-0.2, 0) is 31.1 Å². The number of amides is 3. The van der Waals surface area contributed by atoms with Crippen LogP contribution in [0, 0.1) is 13.8 Å². The van der Waals surface area contributed by atoms with Gasteiger partial charge in [0.2, 0.25) is 11.8 Å². The minimum absolute atomic E-state index is 0.0126. The standard InChI is InChI=1S/C55H49ClN6O12S/c1-27-28(2)58-43-19-29(6-12-36(27)43)51(68)62-26-32(59-49(66)17-11-35-25-45(65)38-20-30(56)7-16-46(38)72-35)22-44(62)50(67)61-42(52(69)70)5-3-4-18-57-54(75)60-31-8-13-39-37(21-31)53(71)74-55(39)40-14-9-33(63)23-47(40)73-48-24-34(64)10-15-41(48)55/h6-10,12-16,19-21,23-25,32,42,44,58,63-64H,3-5,11,17-18,22,26H2,1-2H3,(H,59,66)(H,61,67)(H,69,70)(H2,57,60,75)/t32-,42?,44+/m0/s1. The number of carboxylic acids is 1. The lowest BCUT2D eigenvalue weighted by Gasteiger charge is -2.36. The number of phenols is 2. The van der Waals surface area contributed by atoms with Crippen LogP contribution in [0.1, 0.15) is 86.5 Å². The number of phenolic OH excluding ortho intramolecular Hbond substituents is 2. The molecule has 0 aliphatic carbocycles. The number of H-pyrrole nitrogens is 1. The number of aromatic nitrogens is 1. The molecule has 20 heteroatoms. The number of unbranched alkanes of at least 4 members (excludes halogenated alkanes) is 1. The second-order valence-electron chi connectivity index (χ2n) is 18.9. The van der Waals surface area contributed by atoms with E-state index in [4.69, 9.17) is 37.7 Å². The van der Waals surface area contributed by atoms with E-state index in [1.54, 1.807) is 54.6 Å². The molecule has 1 saturated heterocycles. The van der Waals surface area contributed by atoms with Crippen LogP contribution in [0.3, 0.4) is 0 Å². The SMILES string of the molecule is Cc1[nH]c2cc(C(=O)N3C[C@@H](NC(=O)CCc4cc(=O)c5cc(Cl)ccc5o4)C[C@@H]3C(=O)NC(CCCCNC(=S)Nc3ccc4c(c3)C(=O)OC43c4ccc(O)cc4Oc4cc(O)ccc43)C(=O)O)ccc2c1C. The number of aliphatic carboxylic acids is 1. The molecule has 3 atom stereocenters. The van der Waals surface area contributed by atoms with Crippen molar-refractivity contribution in [2.45, 2.75) is 76.1 Å². The first-order chi connectivity index (χ1) is 35.9. The molecule has 0 radical (unpaired) electrons. The van der Waals surface area contributed by atoms with Crippen LogP contribution in [0.5, 0.6) is 23.0 Å². The van der Waals surface area contributed by atoms with Crippen LogP contribution in [0.2, 0.25) is 5.02 Å². The number of rotatable bonds is 14. The number of anilines is 1. The van der Waals surface area contributed by atoms with Gasteiger partial charge in [-0.1, -0.05) is 23.7 Å². The normalized spacial score (nSPS) is 16.4. The molecule has 8 N–H and O–H groups in total. The van der Waals surface area contributed by atoms with Gasteiger partial charge in [-0.3, -0.25) is 19.2 Å². The number of hydrogen-bond acceptors (Lipinski definition) is 12. The van der Waals surface area contributed by atoms with Crippen LogP contribution >= 0.6 is 23.8 Å². The van der Waals surface area contributed by atoms with E-state index in [-0.39, 0.29) is 71.3 Å². The van der Waals surface area contributed by atoms with Gasteiger partial charge in [-0.05, 0) is 124 Å². The molecule has 2 aromatic heterocycles. The van der Waals surface area contributed by atoms with Gasteiger partial charge < -0.3 is 60.4 Å². The first kappa shape index (κ1) is 50.1. The van der Waals surface area contributed by atoms with Crippen molar-refractivity contribution in [2.24, 2.45) is 0 Å². The molecule has 75 heavy (non-hydrogen) atoms. The number of aryl methyl sites for hydroxylation is 3. The number of aromatic hydroxyl groups is 2. The predicted molar refractivity (Wildman–Crippen MR) is 281 cm³/mol. The number of esters is 1. The first-order valence-electron chi connectivity index (χ1n) is 24.2. The summed E-state index contributed by atoms with van der Waals surface area (Å²) in [6.07, 6.45) is 0.912. The Labute approximate surface area is 438 Å². The molecule has 1 fully saturated rings. The van der Waals surface area contributed by atoms with Crippen molar-refractivity contribution < 1.29 is 53.2 Å². The predicted octanol–water partition coefficient (Wildman–Crippen LogP) is 7.58. The first-order valence-corrected chi connectivity index (χ1v) is 25.0. The summed E-state index contributed by atoms with van der Waals surface area (Å²) in [7, 11) is 0. The van der Waals surface area contributed by atoms with Crippen molar-refractivity contribution in [3.8, 4) is 23.0 Å². The number of carbonyl (C=O) groups excluding carboxylic acids is 4. The Balaban J connectivity index is 0.760. The van der Waals surface area contributed by atoms with Crippen LogP contribution in [0.15, 0.2) is 106 Å². The Morgan fingerprint density at radius 3 is 2.35 bits per heavy atom. The van der Waals surface area contributed by atoms with E-state index < -0.39 is 53.4 Å². The minimum Gasteiger partial charge on any atom is -0.508 e. The number of likely N-dealkylation sites (tertiary alicyclic amines) is 1. The summed E-state index contributed by atoms with van der Waals surface area (Å²) in [6, 6.07) is 22.2. The number of carbonyl (C=O) groups is 5. The van der Waals surface area contributed by atoms with E-state index in [1.807, 2.05) is 19.9 Å². The van der Waals surface area contributed by atoms with Crippen molar-refractivity contribution in [3.63, 3.8) is 0 Å². The van der Waals surface area contributed by atoms with E-state index in [1.165, 1.54) is 41.3 Å². The Kier molecular flexibility index (Phi) is 13.5. The molecule has 384 valence electrons. The lowest BCUT2D eigenvalue weighted by atomic mass is 9.77. The Hall–Kier alpha value is -8.42. The third kappa shape index (κ3) is 9.79. The van der Waals surface area contributed by atoms with Crippen LogP contribution in [0.25, 0.3) is 21.9 Å². The number of nitrogens with one attached hydrogen (secondary N) is 5. The van der Waals surface area contributed by atoms with E-state index >= 15 is 0 Å². The molecule has 7 aromatic rings. The average molecular weight is 1050 g/mol. The van der Waals surface area contributed by atoms with Gasteiger partial charge in [-0.25, -0.2) is 9.59 Å². The van der Waals surface area contributed by atoms with Gasteiger partial charge >= 0.3 is 11.9 Å². The van der Waals surface area contributed by atoms with Crippen LogP contribution < -0.4 is 31.4 Å². The van der Waals surface area contributed by atoms with Gasteiger partial charge in [0.15, 0.2) is 16.1 Å². The Bertz CT molecular complexity index is 3540. The fraction of sp³-hybridized carbons (Fsp3) is 0.255. The molecule has 5 aromatic carbocycles. The number of fused-ring (bicyclic) bond motifs is 8. The number of ether oxygens (including phenoxy) is 2. The number of hydrogen-bond donors (Lipinski definition) is 8. The third-order valence-electron chi connectivity index (χ3n) is 14.0. The van der Waals surface area contributed by atoms with Crippen molar-refractivity contribution in [3.05, 3.63) is 157 Å². The van der Waals surface area contributed by atoms with Crippen LogP contribution in [-0.4, -0.2) is 91.2 Å². The molecule has 0 saturated carbocycles. The second kappa shape index (κ2) is 20.1. The molecule has 0 bridgehead atoms. The van der Waals surface area contributed by atoms with Crippen molar-refractivity contribution in [1.29, 1.82) is 0 Å². The third-order valence-corrected chi connectivity index (χ3v) is 14.5. The minimum atomic E-state index is -1.42. The molecule has 18 nitrogen and oxygen atoms in total. The summed E-state index contributed by atoms with van der Waals surface area (Å²) in [5, 5.41) is 44.3. The highest BCUT2D eigenvalue weighted by atomic mass is 35.5. The molecular formula is C55H49ClN6O12S. The van der Waals surface area contributed by atoms with Gasteiger partial charge in [0.25, 0.3) is 5.91 Å². The lowest BCUT2D eigenvalue weighted by molar-refractivity contribution is -0.142. The summed E-state index contributed by atoms with van der Waals surface area (Å²) >= 11 is 11.6. The van der Waals surface area contributed by atoms with Gasteiger partial charge in [-0.15, -0.1) is 0 Å². The topological polar surface area (TPSA) is 262 Å². The molecule has 3 amide bonds. The van der Waals surface area contributed by atoms with E-state index in [9.17, 15) is 44.1 Å². The fourth-order valence-corrected chi connectivity index (χ4v) is 10.6. The smallest absolute Gasteiger partial charge is 0.340 e. The molecule has 3 aliphatic rings. The highest BCUT2D eigenvalue weighted by molar-refractivity contribution is 7.80. The van der Waals surface area contributed by atoms with E-state index in [2.05, 4.69) is 26.3 Å². The lowest BCUT2D eigenvalue weighted by Crippen LogP contribution is -2.50. The fourth-order valence-electron chi connectivity index (χ4n) is 10.2. The summed E-state index contributed by atoms with van der Waals surface area (Å²) in [5.41, 5.74) is 3.87. The summed E-state index contributed by atoms with van der Waals surface area (Å²) in [4.78, 5) is 85.2. The number of carboxylic acid groups (broad SMARTS) is 1. The van der Waals surface area contributed by atoms with E-state index in [0.29, 0.717) is 69.1 Å². The second-order valence-corrected chi connectivity index (χ2v) is 19.7. The molecule has 1 spiro atoms. The summed E-state index contributed by atoms with van der Waals surface area (Å²) in [6.45, 7) is 4.20. The number of thiocarbonyl (C=S) groups is 1. The number of nitrogens with zero attached hydrogens (tertiary/aromatic N) is 1. The monoisotopic (exact) mass is 1050 g/mol. The summed E-state index contributed by atoms with van der Waals surface area (Å²) < 4.78 is 18.0. The summed E-state index contributed by atoms with van der Waals surface area (Å²) in [5.74, 6) is -2.74. The maximum Gasteiger partial charge on any atom is 0.340 e. The molecular weight excluding hydrogens is 1000 g/mol. The van der Waals surface area contributed by atoms with Gasteiger partial charge in [0.1, 0.15) is 46.4 Å². The largest absolute Gasteiger partial charge is 0.508 e. The van der Waals surface area contributed by atoms with Gasteiger partial charge in [0.05, 0.1) is 10.9 Å². The van der Waals surface area contributed by atoms with Crippen molar-refractivity contribution >= 4 is 86.2 Å². The number of aromatic amines is 1. The maximum absolute atomic E-state index is 14.3. The van der Waals surface area contributed by atoms with E-state index in [0.717, 1.165) is 22.2 Å². The quantitative estimate of drug-likeness (QED) is 0.0297. The highest BCUT2D eigenvalue weighted by Gasteiger charge is 2.54. The highest BCUT2D eigenvalue weighted by Crippen LogP contribution is 2.57. The molecule has 3 aliphatic heterocycles. The molecule has 10 rings (SSSR count). The van der Waals surface area contributed by atoms with Gasteiger partial charge in [0, 0.05) is 99.7 Å². The maximum atomic E-state index is 14.3. The molecule has 1 unspecified atom stereocenters. The Morgan fingerprint density at radius 2 is 1.61 bits per heavy atom. The number of benzene rings is 5. The van der Waals surface area contributed by atoms with Crippen molar-refractivity contribution in [1.82, 2.24) is 25.8 Å². The number of halogens is 1. The zero-order valence-corrected chi connectivity index (χ0v) is 41.9. The Morgan fingerprint density at radius 1 is 0.880 bits per heavy atom. The van der Waals surface area contributed by atoms with Crippen molar-refractivity contribution in [2.75, 3.05) is 18.4 Å². The molecule has 5 heterocycles.